The molecule has 34 heavy (non-hydrogen) atoms. The molecule has 9 nitrogen and oxygen atoms in total. The van der Waals surface area contributed by atoms with Gasteiger partial charge in [-0.3, -0.25) is 0 Å². The third kappa shape index (κ3) is 4.64. The number of pyridine rings is 1. The van der Waals surface area contributed by atoms with E-state index in [2.05, 4.69) is 34.5 Å². The molecule has 0 saturated carbocycles. The molecular weight excluding hydrogens is 434 g/mol. The quantitative estimate of drug-likeness (QED) is 0.485. The lowest BCUT2D eigenvalue weighted by Crippen LogP contribution is -2.31. The van der Waals surface area contributed by atoms with E-state index in [-0.39, 0.29) is 12.7 Å². The topological polar surface area (TPSA) is 90.7 Å². The SMILES string of the molecule is CN1CCNc2nc(CCOc3cc(CC(CC=O)c4ccc5c(c4)OCO5)nn3C)ccc21. The van der Waals surface area contributed by atoms with E-state index < -0.39 is 0 Å². The average Bonchev–Trinajstić information content (AvgIpc) is 3.44. The molecule has 0 amide bonds. The van der Waals surface area contributed by atoms with E-state index >= 15 is 0 Å². The maximum Gasteiger partial charge on any atom is 0.231 e. The summed E-state index contributed by atoms with van der Waals surface area (Å²) < 4.78 is 18.7. The van der Waals surface area contributed by atoms with Gasteiger partial charge in [-0.15, -0.1) is 0 Å². The average molecular weight is 464 g/mol. The van der Waals surface area contributed by atoms with Crippen molar-refractivity contribution in [3.05, 3.63) is 53.3 Å². The van der Waals surface area contributed by atoms with Gasteiger partial charge in [-0.1, -0.05) is 6.07 Å². The molecule has 178 valence electrons. The molecule has 0 saturated heterocycles. The minimum absolute atomic E-state index is 0.0000710. The molecule has 4 heterocycles. The third-order valence-electron chi connectivity index (χ3n) is 6.28. The molecule has 3 aromatic rings. The first-order valence-electron chi connectivity index (χ1n) is 11.5. The standard InChI is InChI=1S/C25H29N5O4/c1-29-10-9-26-25-21(29)5-4-19(27-25)8-12-32-24-15-20(28-30(24)2)13-18(7-11-31)17-3-6-22-23(14-17)34-16-33-22/h3-6,11,14-15,18H,7-10,12-13,16H2,1-2H3,(H,26,27). The maximum atomic E-state index is 11.3. The van der Waals surface area contributed by atoms with Crippen LogP contribution in [0.1, 0.15) is 29.3 Å². The van der Waals surface area contributed by atoms with Crippen LogP contribution in [0.4, 0.5) is 11.5 Å². The van der Waals surface area contributed by atoms with E-state index in [1.807, 2.05) is 31.3 Å². The fourth-order valence-electron chi connectivity index (χ4n) is 4.41. The van der Waals surface area contributed by atoms with Gasteiger partial charge in [0.2, 0.25) is 12.7 Å². The van der Waals surface area contributed by atoms with Crippen LogP contribution in [0, 0.1) is 0 Å². The predicted octanol–water partition coefficient (Wildman–Crippen LogP) is 2.94. The number of carbonyl (C=O) groups is 1. The van der Waals surface area contributed by atoms with Gasteiger partial charge in [0.15, 0.2) is 11.5 Å². The Labute approximate surface area is 198 Å². The third-order valence-corrected chi connectivity index (χ3v) is 6.28. The van der Waals surface area contributed by atoms with Gasteiger partial charge in [-0.25, -0.2) is 9.67 Å². The van der Waals surface area contributed by atoms with Crippen LogP contribution in [0.5, 0.6) is 17.4 Å². The highest BCUT2D eigenvalue weighted by Crippen LogP contribution is 2.36. The van der Waals surface area contributed by atoms with Crippen LogP contribution >= 0.6 is 0 Å². The molecule has 2 aromatic heterocycles. The van der Waals surface area contributed by atoms with E-state index in [4.69, 9.17) is 19.2 Å². The lowest BCUT2D eigenvalue weighted by molar-refractivity contribution is -0.108. The Morgan fingerprint density at radius 1 is 1.15 bits per heavy atom. The van der Waals surface area contributed by atoms with Crippen molar-refractivity contribution < 1.29 is 19.0 Å². The predicted molar refractivity (Wildman–Crippen MR) is 128 cm³/mol. The number of carbonyl (C=O) groups excluding carboxylic acids is 1. The first-order chi connectivity index (χ1) is 16.6. The van der Waals surface area contributed by atoms with E-state index in [9.17, 15) is 4.79 Å². The summed E-state index contributed by atoms with van der Waals surface area (Å²) in [7, 11) is 3.95. The smallest absolute Gasteiger partial charge is 0.231 e. The number of hydrogen-bond acceptors (Lipinski definition) is 8. The number of anilines is 2. The lowest BCUT2D eigenvalue weighted by atomic mass is 9.91. The molecule has 1 unspecified atom stereocenters. The number of hydrogen-bond donors (Lipinski definition) is 1. The van der Waals surface area contributed by atoms with Crippen molar-refractivity contribution in [2.24, 2.45) is 7.05 Å². The Morgan fingerprint density at radius 2 is 2.03 bits per heavy atom. The highest BCUT2D eigenvalue weighted by Gasteiger charge is 2.20. The number of nitrogens with one attached hydrogen (secondary N) is 1. The van der Waals surface area contributed by atoms with Gasteiger partial charge in [0, 0.05) is 51.8 Å². The normalized spacial score (nSPS) is 14.9. The van der Waals surface area contributed by atoms with Crippen LogP contribution < -0.4 is 24.4 Å². The minimum Gasteiger partial charge on any atom is -0.477 e. The molecule has 9 heteroatoms. The monoisotopic (exact) mass is 463 g/mol. The molecule has 1 N–H and O–H groups in total. The van der Waals surface area contributed by atoms with Crippen molar-refractivity contribution >= 4 is 17.8 Å². The van der Waals surface area contributed by atoms with Crippen molar-refractivity contribution in [3.8, 4) is 17.4 Å². The van der Waals surface area contributed by atoms with Crippen molar-refractivity contribution in [2.45, 2.75) is 25.2 Å². The van der Waals surface area contributed by atoms with Gasteiger partial charge in [-0.2, -0.15) is 5.10 Å². The second-order valence-corrected chi connectivity index (χ2v) is 8.63. The van der Waals surface area contributed by atoms with Crippen LogP contribution in [0.2, 0.25) is 0 Å². The molecule has 1 aromatic carbocycles. The number of aldehydes is 1. The molecular formula is C25H29N5O4. The largest absolute Gasteiger partial charge is 0.477 e. The Bertz CT molecular complexity index is 1180. The first kappa shape index (κ1) is 22.1. The summed E-state index contributed by atoms with van der Waals surface area (Å²) in [6.45, 7) is 2.60. The van der Waals surface area contributed by atoms with E-state index in [1.54, 1.807) is 4.68 Å². The number of nitrogens with zero attached hydrogens (tertiary/aromatic N) is 4. The van der Waals surface area contributed by atoms with Gasteiger partial charge in [0.25, 0.3) is 0 Å². The zero-order valence-electron chi connectivity index (χ0n) is 19.5. The molecule has 2 aliphatic rings. The summed E-state index contributed by atoms with van der Waals surface area (Å²) >= 11 is 0. The van der Waals surface area contributed by atoms with Crippen LogP contribution in [0.3, 0.4) is 0 Å². The number of ether oxygens (including phenoxy) is 3. The molecule has 0 spiro atoms. The lowest BCUT2D eigenvalue weighted by Gasteiger charge is -2.27. The molecule has 2 aliphatic heterocycles. The summed E-state index contributed by atoms with van der Waals surface area (Å²) in [4.78, 5) is 18.3. The molecule has 5 rings (SSSR count). The zero-order valence-corrected chi connectivity index (χ0v) is 19.5. The number of likely N-dealkylation sites (N-methyl/N-ethyl adjacent to an activating group) is 1. The number of fused-ring (bicyclic) bond motifs is 2. The first-order valence-corrected chi connectivity index (χ1v) is 11.5. The molecule has 1 atom stereocenters. The zero-order chi connectivity index (χ0) is 23.5. The van der Waals surface area contributed by atoms with Crippen LogP contribution in [0.25, 0.3) is 0 Å². The molecule has 0 aliphatic carbocycles. The van der Waals surface area contributed by atoms with Crippen LogP contribution in [-0.4, -0.2) is 54.6 Å². The summed E-state index contributed by atoms with van der Waals surface area (Å²) in [5, 5.41) is 7.97. The molecule has 0 fully saturated rings. The number of rotatable bonds is 9. The second kappa shape index (κ2) is 9.62. The summed E-state index contributed by atoms with van der Waals surface area (Å²) in [6.07, 6.45) is 2.68. The number of benzene rings is 1. The number of aromatic nitrogens is 3. The Hall–Kier alpha value is -3.75. The van der Waals surface area contributed by atoms with E-state index in [0.717, 1.165) is 59.3 Å². The summed E-state index contributed by atoms with van der Waals surface area (Å²) in [6, 6.07) is 11.9. The van der Waals surface area contributed by atoms with E-state index in [0.29, 0.717) is 31.7 Å². The van der Waals surface area contributed by atoms with Crippen molar-refractivity contribution in [2.75, 3.05) is 43.8 Å². The molecule has 0 bridgehead atoms. The Kier molecular flexibility index (Phi) is 6.24. The van der Waals surface area contributed by atoms with Crippen molar-refractivity contribution in [1.82, 2.24) is 14.8 Å². The van der Waals surface area contributed by atoms with Gasteiger partial charge >= 0.3 is 0 Å². The second-order valence-electron chi connectivity index (χ2n) is 8.63. The van der Waals surface area contributed by atoms with Gasteiger partial charge in [0.05, 0.1) is 18.0 Å². The van der Waals surface area contributed by atoms with Gasteiger partial charge in [-0.05, 0) is 42.2 Å². The van der Waals surface area contributed by atoms with Gasteiger partial charge in [0.1, 0.15) is 12.1 Å². The Balaban J connectivity index is 1.21. The maximum absolute atomic E-state index is 11.3. The fourth-order valence-corrected chi connectivity index (χ4v) is 4.41. The van der Waals surface area contributed by atoms with Crippen molar-refractivity contribution in [3.63, 3.8) is 0 Å². The van der Waals surface area contributed by atoms with Crippen LogP contribution in [0.15, 0.2) is 36.4 Å². The summed E-state index contributed by atoms with van der Waals surface area (Å²) in [5.41, 5.74) is 4.01. The minimum atomic E-state index is 0.0000710. The highest BCUT2D eigenvalue weighted by molar-refractivity contribution is 5.67. The summed E-state index contributed by atoms with van der Waals surface area (Å²) in [5.74, 6) is 3.08. The Morgan fingerprint density at radius 3 is 2.91 bits per heavy atom. The van der Waals surface area contributed by atoms with Gasteiger partial charge < -0.3 is 29.2 Å². The van der Waals surface area contributed by atoms with Crippen molar-refractivity contribution in [1.29, 1.82) is 0 Å². The highest BCUT2D eigenvalue weighted by atomic mass is 16.7. The van der Waals surface area contributed by atoms with Crippen LogP contribution in [-0.2, 0) is 24.7 Å². The number of aryl methyl sites for hydroxylation is 1. The van der Waals surface area contributed by atoms with E-state index in [1.165, 1.54) is 0 Å². The molecule has 0 radical (unpaired) electrons. The fraction of sp³-hybridized carbons (Fsp3) is 0.400.